The summed E-state index contributed by atoms with van der Waals surface area (Å²) in [4.78, 5) is 27.7. The topological polar surface area (TPSA) is 76.1 Å². The van der Waals surface area contributed by atoms with Gasteiger partial charge in [0.25, 0.3) is 11.7 Å². The number of rotatable bonds is 5. The second-order valence-corrected chi connectivity index (χ2v) is 8.82. The van der Waals surface area contributed by atoms with Gasteiger partial charge in [-0.2, -0.15) is 13.2 Å². The number of aliphatic hydroxyl groups excluding tert-OH is 1. The maximum Gasteiger partial charge on any atom is 0.416 e. The summed E-state index contributed by atoms with van der Waals surface area (Å²) in [7, 11) is 1.46. The number of likely N-dealkylation sites (tertiary alicyclic amines) is 1. The van der Waals surface area contributed by atoms with E-state index in [-0.39, 0.29) is 23.4 Å². The molecule has 0 spiro atoms. The van der Waals surface area contributed by atoms with Crippen molar-refractivity contribution in [1.29, 1.82) is 0 Å². The number of amides is 1. The number of alkyl halides is 3. The number of carbonyl (C=O) groups excluding carboxylic acids is 2. The third kappa shape index (κ3) is 4.52. The molecule has 0 radical (unpaired) electrons. The average Bonchev–Trinajstić information content (AvgIpc) is 3.46. The molecule has 2 heterocycles. The van der Waals surface area contributed by atoms with Gasteiger partial charge in [-0.05, 0) is 59.2 Å². The summed E-state index contributed by atoms with van der Waals surface area (Å²) in [6.45, 7) is 0.232. The van der Waals surface area contributed by atoms with E-state index in [1.807, 2.05) is 0 Å². The highest BCUT2D eigenvalue weighted by atomic mass is 19.4. The number of methoxy groups -OCH3 is 1. The van der Waals surface area contributed by atoms with Crippen molar-refractivity contribution in [3.63, 3.8) is 0 Å². The summed E-state index contributed by atoms with van der Waals surface area (Å²) in [5.74, 6) is -1.07. The van der Waals surface area contributed by atoms with Crippen LogP contribution in [0.4, 0.5) is 13.2 Å². The Balaban J connectivity index is 1.63. The van der Waals surface area contributed by atoms with Crippen LogP contribution in [0.5, 0.6) is 11.5 Å². The molecule has 1 amide bonds. The van der Waals surface area contributed by atoms with Crippen molar-refractivity contribution in [2.24, 2.45) is 0 Å². The standard InChI is InChI=1S/C28H22F3NO5/c1-36-21-7-3-5-18(14-21)24-23(25(33)19-8-9-22-17(13-19)10-11-37-22)26(34)27(35)32(24)15-16-4-2-6-20(12-16)28(29,30)31/h2-9,12-14,24,33H,10-11,15H2,1H3/b25-23-. The van der Waals surface area contributed by atoms with Crippen LogP contribution < -0.4 is 9.47 Å². The molecule has 5 rings (SSSR count). The number of aliphatic hydroxyl groups is 1. The normalized spacial score (nSPS) is 18.6. The van der Waals surface area contributed by atoms with E-state index >= 15 is 0 Å². The highest BCUT2D eigenvalue weighted by Gasteiger charge is 2.46. The molecule has 3 aromatic rings. The highest BCUT2D eigenvalue weighted by Crippen LogP contribution is 2.42. The van der Waals surface area contributed by atoms with Gasteiger partial charge in [0, 0.05) is 18.5 Å². The quantitative estimate of drug-likeness (QED) is 0.288. The Kier molecular flexibility index (Phi) is 6.15. The smallest absolute Gasteiger partial charge is 0.416 e. The van der Waals surface area contributed by atoms with Crippen molar-refractivity contribution in [3.8, 4) is 11.5 Å². The van der Waals surface area contributed by atoms with E-state index in [1.165, 1.54) is 24.1 Å². The summed E-state index contributed by atoms with van der Waals surface area (Å²) in [5, 5.41) is 11.3. The molecule has 2 aliphatic heterocycles. The van der Waals surface area contributed by atoms with E-state index in [2.05, 4.69) is 0 Å². The predicted molar refractivity (Wildman–Crippen MR) is 128 cm³/mol. The van der Waals surface area contributed by atoms with Crippen molar-refractivity contribution in [3.05, 3.63) is 100 Å². The Morgan fingerprint density at radius 3 is 2.62 bits per heavy atom. The van der Waals surface area contributed by atoms with Gasteiger partial charge in [-0.1, -0.05) is 24.3 Å². The minimum Gasteiger partial charge on any atom is -0.507 e. The lowest BCUT2D eigenvalue weighted by Gasteiger charge is -2.26. The summed E-state index contributed by atoms with van der Waals surface area (Å²) >= 11 is 0. The third-order valence-corrected chi connectivity index (χ3v) is 6.52. The Labute approximate surface area is 210 Å². The van der Waals surface area contributed by atoms with Gasteiger partial charge in [0.1, 0.15) is 17.3 Å². The van der Waals surface area contributed by atoms with Crippen LogP contribution in [0, 0.1) is 0 Å². The maximum absolute atomic E-state index is 13.3. The van der Waals surface area contributed by atoms with Crippen LogP contribution in [0.2, 0.25) is 0 Å². The van der Waals surface area contributed by atoms with Crippen LogP contribution in [-0.4, -0.2) is 35.4 Å². The first kappa shape index (κ1) is 24.4. The first-order chi connectivity index (χ1) is 17.7. The van der Waals surface area contributed by atoms with Crippen molar-refractivity contribution >= 4 is 17.4 Å². The number of hydrogen-bond acceptors (Lipinski definition) is 5. The fourth-order valence-corrected chi connectivity index (χ4v) is 4.73. The number of ketones is 1. The Morgan fingerprint density at radius 2 is 1.86 bits per heavy atom. The van der Waals surface area contributed by atoms with Crippen LogP contribution in [0.1, 0.15) is 33.9 Å². The zero-order valence-electron chi connectivity index (χ0n) is 19.7. The van der Waals surface area contributed by atoms with Gasteiger partial charge < -0.3 is 19.5 Å². The first-order valence-corrected chi connectivity index (χ1v) is 11.5. The second-order valence-electron chi connectivity index (χ2n) is 8.82. The van der Waals surface area contributed by atoms with Gasteiger partial charge in [0.2, 0.25) is 0 Å². The summed E-state index contributed by atoms with van der Waals surface area (Å²) < 4.78 is 50.7. The molecular weight excluding hydrogens is 487 g/mol. The maximum atomic E-state index is 13.3. The number of ether oxygens (including phenoxy) is 2. The van der Waals surface area contributed by atoms with Crippen molar-refractivity contribution in [1.82, 2.24) is 4.90 Å². The number of Topliss-reactive ketones (excluding diaryl/α,β-unsaturated/α-hetero) is 1. The molecule has 0 saturated carbocycles. The number of carbonyl (C=O) groups is 2. The van der Waals surface area contributed by atoms with Gasteiger partial charge in [0.15, 0.2) is 0 Å². The fourth-order valence-electron chi connectivity index (χ4n) is 4.73. The molecule has 1 saturated heterocycles. The fraction of sp³-hybridized carbons (Fsp3) is 0.214. The summed E-state index contributed by atoms with van der Waals surface area (Å²) in [5.41, 5.74) is 0.856. The predicted octanol–water partition coefficient (Wildman–Crippen LogP) is 5.27. The highest BCUT2D eigenvalue weighted by molar-refractivity contribution is 6.46. The zero-order chi connectivity index (χ0) is 26.3. The molecule has 3 aromatic carbocycles. The van der Waals surface area contributed by atoms with Crippen molar-refractivity contribution < 1.29 is 37.3 Å². The molecule has 0 aliphatic carbocycles. The molecule has 1 N–H and O–H groups in total. The number of nitrogens with zero attached hydrogens (tertiary/aromatic N) is 1. The van der Waals surface area contributed by atoms with Crippen LogP contribution in [0.3, 0.4) is 0 Å². The number of benzene rings is 3. The molecule has 6 nitrogen and oxygen atoms in total. The Hall–Kier alpha value is -4.27. The molecular formula is C28H22F3NO5. The van der Waals surface area contributed by atoms with Gasteiger partial charge in [0.05, 0.1) is 30.9 Å². The molecule has 0 bridgehead atoms. The minimum atomic E-state index is -4.56. The lowest BCUT2D eigenvalue weighted by Crippen LogP contribution is -2.29. The molecule has 9 heteroatoms. The van der Waals surface area contributed by atoms with E-state index in [9.17, 15) is 27.9 Å². The average molecular weight is 509 g/mol. The second kappa shape index (κ2) is 9.31. The molecule has 0 aromatic heterocycles. The van der Waals surface area contributed by atoms with Gasteiger partial charge in [-0.15, -0.1) is 0 Å². The Morgan fingerprint density at radius 1 is 1.08 bits per heavy atom. The largest absolute Gasteiger partial charge is 0.507 e. The van der Waals surface area contributed by atoms with Crippen molar-refractivity contribution in [2.45, 2.75) is 25.2 Å². The van der Waals surface area contributed by atoms with E-state index in [1.54, 1.807) is 42.5 Å². The first-order valence-electron chi connectivity index (χ1n) is 11.5. The number of fused-ring (bicyclic) bond motifs is 1. The lowest BCUT2D eigenvalue weighted by atomic mass is 9.94. The SMILES string of the molecule is COc1cccc(C2/C(=C(/O)c3ccc4c(c3)CCO4)C(=O)C(=O)N2Cc2cccc(C(F)(F)F)c2)c1. The molecule has 1 unspecified atom stereocenters. The van der Waals surface area contributed by atoms with Gasteiger partial charge >= 0.3 is 6.18 Å². The zero-order valence-corrected chi connectivity index (χ0v) is 19.7. The monoisotopic (exact) mass is 509 g/mol. The van der Waals surface area contributed by atoms with Gasteiger partial charge in [-0.25, -0.2) is 0 Å². The van der Waals surface area contributed by atoms with E-state index < -0.39 is 29.5 Å². The van der Waals surface area contributed by atoms with Crippen LogP contribution >= 0.6 is 0 Å². The molecule has 37 heavy (non-hydrogen) atoms. The molecule has 1 fully saturated rings. The summed E-state index contributed by atoms with van der Waals surface area (Å²) in [6, 6.07) is 15.2. The molecule has 1 atom stereocenters. The van der Waals surface area contributed by atoms with E-state index in [0.717, 1.165) is 17.7 Å². The van der Waals surface area contributed by atoms with Crippen LogP contribution in [-0.2, 0) is 28.7 Å². The van der Waals surface area contributed by atoms with Gasteiger partial charge in [-0.3, -0.25) is 9.59 Å². The Bertz CT molecular complexity index is 1430. The molecule has 190 valence electrons. The summed E-state index contributed by atoms with van der Waals surface area (Å²) in [6.07, 6.45) is -3.92. The van der Waals surface area contributed by atoms with Crippen LogP contribution in [0.25, 0.3) is 5.76 Å². The third-order valence-electron chi connectivity index (χ3n) is 6.52. The number of hydrogen-bond donors (Lipinski definition) is 1. The minimum absolute atomic E-state index is 0.149. The number of halogens is 3. The molecule has 2 aliphatic rings. The lowest BCUT2D eigenvalue weighted by molar-refractivity contribution is -0.140. The van der Waals surface area contributed by atoms with Crippen molar-refractivity contribution in [2.75, 3.05) is 13.7 Å². The van der Waals surface area contributed by atoms with E-state index in [4.69, 9.17) is 9.47 Å². The van der Waals surface area contributed by atoms with Crippen LogP contribution in [0.15, 0.2) is 72.3 Å². The van der Waals surface area contributed by atoms with E-state index in [0.29, 0.717) is 35.7 Å².